The molecule has 26 heavy (non-hydrogen) atoms. The zero-order chi connectivity index (χ0) is 18.5. The Morgan fingerprint density at radius 2 is 2.08 bits per heavy atom. The number of carbonyl (C=O) groups is 2. The van der Waals surface area contributed by atoms with Crippen LogP contribution in [0.15, 0.2) is 42.5 Å². The van der Waals surface area contributed by atoms with E-state index in [0.717, 1.165) is 29.1 Å². The quantitative estimate of drug-likeness (QED) is 0.862. The number of rotatable bonds is 6. The number of nitrogens with zero attached hydrogens (tertiary/aromatic N) is 1. The van der Waals surface area contributed by atoms with Gasteiger partial charge in [0.15, 0.2) is 6.61 Å². The van der Waals surface area contributed by atoms with E-state index in [9.17, 15) is 9.59 Å². The summed E-state index contributed by atoms with van der Waals surface area (Å²) in [5.74, 6) is 0.610. The van der Waals surface area contributed by atoms with E-state index < -0.39 is 0 Å². The second kappa shape index (κ2) is 8.04. The van der Waals surface area contributed by atoms with Crippen molar-refractivity contribution in [2.75, 3.05) is 23.4 Å². The molecule has 0 unspecified atom stereocenters. The first kappa shape index (κ1) is 18.0. The molecule has 0 fully saturated rings. The Morgan fingerprint density at radius 3 is 2.88 bits per heavy atom. The average Bonchev–Trinajstić information content (AvgIpc) is 2.63. The van der Waals surface area contributed by atoms with Gasteiger partial charge in [0.05, 0.1) is 5.69 Å². The van der Waals surface area contributed by atoms with Gasteiger partial charge >= 0.3 is 0 Å². The number of amides is 2. The van der Waals surface area contributed by atoms with Gasteiger partial charge in [-0.3, -0.25) is 9.59 Å². The first-order valence-electron chi connectivity index (χ1n) is 8.99. The molecule has 1 heterocycles. The highest BCUT2D eigenvalue weighted by atomic mass is 16.5. The van der Waals surface area contributed by atoms with Crippen molar-refractivity contribution in [3.05, 3.63) is 53.6 Å². The summed E-state index contributed by atoms with van der Waals surface area (Å²) in [6, 6.07) is 13.7. The highest BCUT2D eigenvalue weighted by Gasteiger charge is 2.25. The van der Waals surface area contributed by atoms with Crippen LogP contribution in [-0.4, -0.2) is 25.0 Å². The monoisotopic (exact) mass is 352 g/mol. The molecule has 0 radical (unpaired) electrons. The molecule has 136 valence electrons. The summed E-state index contributed by atoms with van der Waals surface area (Å²) in [4.78, 5) is 26.1. The molecule has 0 atom stereocenters. The van der Waals surface area contributed by atoms with Gasteiger partial charge in [-0.25, -0.2) is 0 Å². The minimum atomic E-state index is -0.0702. The fraction of sp³-hybridized carbons (Fsp3) is 0.333. The molecule has 1 aliphatic rings. The average molecular weight is 352 g/mol. The van der Waals surface area contributed by atoms with Crippen LogP contribution in [0.1, 0.15) is 30.9 Å². The topological polar surface area (TPSA) is 58.6 Å². The predicted octanol–water partition coefficient (Wildman–Crippen LogP) is 3.70. The van der Waals surface area contributed by atoms with Gasteiger partial charge in [-0.15, -0.1) is 0 Å². The third-order valence-electron chi connectivity index (χ3n) is 4.46. The third kappa shape index (κ3) is 4.23. The number of hydrogen-bond acceptors (Lipinski definition) is 3. The van der Waals surface area contributed by atoms with E-state index >= 15 is 0 Å². The van der Waals surface area contributed by atoms with Crippen molar-refractivity contribution < 1.29 is 14.3 Å². The maximum Gasteiger partial charge on any atom is 0.265 e. The Labute approximate surface area is 154 Å². The highest BCUT2D eigenvalue weighted by molar-refractivity contribution is 5.98. The summed E-state index contributed by atoms with van der Waals surface area (Å²) in [5, 5.41) is 2.93. The number of fused-ring (bicyclic) bond motifs is 1. The van der Waals surface area contributed by atoms with Crippen LogP contribution in [0.3, 0.4) is 0 Å². The van der Waals surface area contributed by atoms with Crippen molar-refractivity contribution >= 4 is 23.2 Å². The number of nitrogens with one attached hydrogen (secondary N) is 1. The molecular weight excluding hydrogens is 328 g/mol. The van der Waals surface area contributed by atoms with Crippen LogP contribution in [0.4, 0.5) is 11.4 Å². The Morgan fingerprint density at radius 1 is 1.23 bits per heavy atom. The zero-order valence-corrected chi connectivity index (χ0v) is 15.2. The van der Waals surface area contributed by atoms with E-state index in [1.165, 1.54) is 5.56 Å². The second-order valence-corrected chi connectivity index (χ2v) is 6.51. The van der Waals surface area contributed by atoms with Gasteiger partial charge < -0.3 is 15.0 Å². The van der Waals surface area contributed by atoms with Gasteiger partial charge in [0.2, 0.25) is 5.91 Å². The van der Waals surface area contributed by atoms with Gasteiger partial charge in [-0.2, -0.15) is 0 Å². The van der Waals surface area contributed by atoms with Crippen LogP contribution >= 0.6 is 0 Å². The molecule has 1 N–H and O–H groups in total. The summed E-state index contributed by atoms with van der Waals surface area (Å²) in [7, 11) is 0. The van der Waals surface area contributed by atoms with Crippen LogP contribution in [0, 0.1) is 6.92 Å². The highest BCUT2D eigenvalue weighted by Crippen LogP contribution is 2.33. The van der Waals surface area contributed by atoms with E-state index in [1.54, 1.807) is 4.90 Å². The molecule has 0 saturated carbocycles. The van der Waals surface area contributed by atoms with Crippen molar-refractivity contribution in [1.82, 2.24) is 0 Å². The minimum Gasteiger partial charge on any atom is -0.482 e. The zero-order valence-electron chi connectivity index (χ0n) is 15.2. The fourth-order valence-electron chi connectivity index (χ4n) is 3.05. The molecule has 2 amide bonds. The number of anilines is 2. The van der Waals surface area contributed by atoms with E-state index in [2.05, 4.69) is 12.2 Å². The van der Waals surface area contributed by atoms with Crippen molar-refractivity contribution in [3.8, 4) is 5.75 Å². The molecule has 2 aromatic rings. The Hall–Kier alpha value is -2.82. The number of hydrogen-bond donors (Lipinski definition) is 1. The van der Waals surface area contributed by atoms with Gasteiger partial charge in [0, 0.05) is 18.7 Å². The predicted molar refractivity (Wildman–Crippen MR) is 103 cm³/mol. The third-order valence-corrected chi connectivity index (χ3v) is 4.46. The molecule has 2 aromatic carbocycles. The normalized spacial score (nSPS) is 13.2. The second-order valence-electron chi connectivity index (χ2n) is 6.51. The summed E-state index contributed by atoms with van der Waals surface area (Å²) in [6.45, 7) is 4.61. The molecule has 0 bridgehead atoms. The first-order chi connectivity index (χ1) is 12.6. The smallest absolute Gasteiger partial charge is 0.265 e. The summed E-state index contributed by atoms with van der Waals surface area (Å²) in [6.07, 6.45) is 1.89. The van der Waals surface area contributed by atoms with Crippen LogP contribution in [0.2, 0.25) is 0 Å². The van der Waals surface area contributed by atoms with Gasteiger partial charge in [0.1, 0.15) is 5.75 Å². The first-order valence-corrected chi connectivity index (χ1v) is 8.99. The molecule has 0 spiro atoms. The van der Waals surface area contributed by atoms with Crippen LogP contribution in [-0.2, 0) is 16.0 Å². The summed E-state index contributed by atoms with van der Waals surface area (Å²) >= 11 is 0. The molecule has 3 rings (SSSR count). The lowest BCUT2D eigenvalue weighted by molar-refractivity contribution is -0.121. The van der Waals surface area contributed by atoms with Crippen molar-refractivity contribution in [2.24, 2.45) is 0 Å². The molecule has 5 nitrogen and oxygen atoms in total. The van der Waals surface area contributed by atoms with Gasteiger partial charge in [0.25, 0.3) is 5.91 Å². The lowest BCUT2D eigenvalue weighted by Gasteiger charge is -2.29. The fourth-order valence-corrected chi connectivity index (χ4v) is 3.05. The lowest BCUT2D eigenvalue weighted by Crippen LogP contribution is -2.39. The Kier molecular flexibility index (Phi) is 5.56. The SMILES string of the molecule is CCc1cccc(NC(=O)CCCN2C(=O)COc3ccc(C)cc32)c1. The molecule has 0 saturated heterocycles. The standard InChI is InChI=1S/C21H24N2O3/c1-3-16-6-4-7-17(13-16)22-20(24)8-5-11-23-18-12-15(2)9-10-19(18)26-14-21(23)25/h4,6-7,9-10,12-13H,3,5,8,11,14H2,1-2H3,(H,22,24). The molecule has 0 aromatic heterocycles. The maximum absolute atomic E-state index is 12.2. The van der Waals surface area contributed by atoms with E-state index in [4.69, 9.17) is 4.74 Å². The van der Waals surface area contributed by atoms with E-state index in [0.29, 0.717) is 19.4 Å². The number of ether oxygens (including phenoxy) is 1. The molecule has 0 aliphatic carbocycles. The summed E-state index contributed by atoms with van der Waals surface area (Å²) in [5.41, 5.74) is 3.87. The van der Waals surface area contributed by atoms with Crippen molar-refractivity contribution in [2.45, 2.75) is 33.1 Å². The number of carbonyl (C=O) groups excluding carboxylic acids is 2. The molecular formula is C21H24N2O3. The maximum atomic E-state index is 12.2. The minimum absolute atomic E-state index is 0.0385. The molecule has 1 aliphatic heterocycles. The van der Waals surface area contributed by atoms with E-state index in [1.807, 2.05) is 49.4 Å². The van der Waals surface area contributed by atoms with E-state index in [-0.39, 0.29) is 18.4 Å². The lowest BCUT2D eigenvalue weighted by atomic mass is 10.1. The van der Waals surface area contributed by atoms with Crippen molar-refractivity contribution in [3.63, 3.8) is 0 Å². The number of aryl methyl sites for hydroxylation is 2. The summed E-state index contributed by atoms with van der Waals surface area (Å²) < 4.78 is 5.48. The van der Waals surface area contributed by atoms with Gasteiger partial charge in [-0.05, 0) is 55.2 Å². The van der Waals surface area contributed by atoms with Crippen LogP contribution < -0.4 is 15.0 Å². The van der Waals surface area contributed by atoms with Crippen molar-refractivity contribution in [1.29, 1.82) is 0 Å². The molecule has 5 heteroatoms. The Balaban J connectivity index is 1.57. The number of benzene rings is 2. The van der Waals surface area contributed by atoms with Crippen LogP contribution in [0.5, 0.6) is 5.75 Å². The largest absolute Gasteiger partial charge is 0.482 e. The van der Waals surface area contributed by atoms with Gasteiger partial charge in [-0.1, -0.05) is 25.1 Å². The van der Waals surface area contributed by atoms with Crippen LogP contribution in [0.25, 0.3) is 0 Å². The Bertz CT molecular complexity index is 817.